The van der Waals surface area contributed by atoms with Gasteiger partial charge in [0, 0.05) is 41.7 Å². The van der Waals surface area contributed by atoms with E-state index >= 15 is 0 Å². The summed E-state index contributed by atoms with van der Waals surface area (Å²) in [6, 6.07) is 6.81. The highest BCUT2D eigenvalue weighted by Gasteiger charge is 2.47. The lowest BCUT2D eigenvalue weighted by atomic mass is 9.69. The molecule has 4 bridgehead atoms. The number of hydrogen-bond donors (Lipinski definition) is 4. The standard InChI is InChI=1S/C41H44ClN3O5/c1-24-16-26-18-25-12-13-28-21-29(42)23-45-41(28,32(25)17-24)22-33(26)43-14-7-5-3-2-4-6-8-15-44-40(50)27-19-31-37(35(47)20-27)39(49)36-30(38(31)48)10-9-11-34(36)46/h9-11,13,17,19-26,43,46-47H,2-8,12,14-16,18H2,1H3,(H,44,50). The highest BCUT2D eigenvalue weighted by atomic mass is 35.5. The molecule has 4 unspecified atom stereocenters. The van der Waals surface area contributed by atoms with Crippen LogP contribution in [-0.2, 0) is 0 Å². The molecule has 2 aromatic carbocycles. The van der Waals surface area contributed by atoms with Crippen LogP contribution in [-0.4, -0.2) is 52.5 Å². The van der Waals surface area contributed by atoms with Crippen LogP contribution in [0.2, 0.25) is 0 Å². The van der Waals surface area contributed by atoms with Crippen molar-refractivity contribution in [3.05, 3.63) is 104 Å². The summed E-state index contributed by atoms with van der Waals surface area (Å²) in [5, 5.41) is 28.1. The molecule has 50 heavy (non-hydrogen) atoms. The first-order chi connectivity index (χ1) is 24.2. The van der Waals surface area contributed by atoms with Crippen molar-refractivity contribution in [3.63, 3.8) is 0 Å². The Hall–Kier alpha value is -4.43. The van der Waals surface area contributed by atoms with Gasteiger partial charge in [-0.1, -0.05) is 74.9 Å². The molecular weight excluding hydrogens is 650 g/mol. The van der Waals surface area contributed by atoms with E-state index < -0.39 is 28.8 Å². The van der Waals surface area contributed by atoms with Gasteiger partial charge in [-0.2, -0.15) is 0 Å². The second-order valence-electron chi connectivity index (χ2n) is 14.4. The summed E-state index contributed by atoms with van der Waals surface area (Å²) in [5.41, 5.74) is 3.41. The van der Waals surface area contributed by atoms with E-state index in [4.69, 9.17) is 16.6 Å². The number of dihydropyridines is 1. The maximum atomic E-state index is 13.1. The Morgan fingerprint density at radius 2 is 1.66 bits per heavy atom. The summed E-state index contributed by atoms with van der Waals surface area (Å²) < 4.78 is 0. The van der Waals surface area contributed by atoms with Gasteiger partial charge >= 0.3 is 0 Å². The molecule has 0 radical (unpaired) electrons. The van der Waals surface area contributed by atoms with Crippen molar-refractivity contribution in [2.45, 2.75) is 76.7 Å². The highest BCUT2D eigenvalue weighted by molar-refractivity contribution is 6.39. The lowest BCUT2D eigenvalue weighted by Gasteiger charge is -2.40. The van der Waals surface area contributed by atoms with Crippen LogP contribution >= 0.6 is 11.6 Å². The first-order valence-corrected chi connectivity index (χ1v) is 18.4. The number of carbonyl (C=O) groups is 3. The number of phenols is 2. The van der Waals surface area contributed by atoms with E-state index in [1.54, 1.807) is 0 Å². The molecule has 260 valence electrons. The van der Waals surface area contributed by atoms with E-state index in [-0.39, 0.29) is 33.6 Å². The number of benzene rings is 2. The van der Waals surface area contributed by atoms with Gasteiger partial charge in [-0.25, -0.2) is 0 Å². The summed E-state index contributed by atoms with van der Waals surface area (Å²) in [6.45, 7) is 3.76. The average Bonchev–Trinajstić information content (AvgIpc) is 3.30. The fraction of sp³-hybridized carbons (Fsp3) is 0.415. The van der Waals surface area contributed by atoms with Crippen molar-refractivity contribution >= 4 is 35.3 Å². The Morgan fingerprint density at radius 3 is 2.46 bits per heavy atom. The second kappa shape index (κ2) is 14.1. The minimum Gasteiger partial charge on any atom is -0.507 e. The van der Waals surface area contributed by atoms with Crippen LogP contribution < -0.4 is 10.6 Å². The van der Waals surface area contributed by atoms with Gasteiger partial charge in [-0.05, 0) is 91.4 Å². The van der Waals surface area contributed by atoms with Crippen molar-refractivity contribution in [1.29, 1.82) is 0 Å². The van der Waals surface area contributed by atoms with E-state index in [0.29, 0.717) is 29.3 Å². The van der Waals surface area contributed by atoms with Gasteiger partial charge in [0.1, 0.15) is 17.0 Å². The first kappa shape index (κ1) is 34.0. The van der Waals surface area contributed by atoms with Crippen molar-refractivity contribution in [2.24, 2.45) is 22.7 Å². The number of rotatable bonds is 12. The van der Waals surface area contributed by atoms with Crippen molar-refractivity contribution < 1.29 is 24.6 Å². The number of nitrogens with zero attached hydrogens (tertiary/aromatic N) is 1. The molecular formula is C41H44ClN3O5. The minimum atomic E-state index is -0.642. The Bertz CT molecular complexity index is 1900. The Labute approximate surface area is 298 Å². The van der Waals surface area contributed by atoms with Crippen LogP contribution in [0.25, 0.3) is 0 Å². The maximum Gasteiger partial charge on any atom is 0.251 e. The average molecular weight is 694 g/mol. The monoisotopic (exact) mass is 693 g/mol. The van der Waals surface area contributed by atoms with Gasteiger partial charge in [-0.3, -0.25) is 19.4 Å². The van der Waals surface area contributed by atoms with Crippen LogP contribution in [0, 0.1) is 17.8 Å². The van der Waals surface area contributed by atoms with Gasteiger partial charge in [-0.15, -0.1) is 0 Å². The third-order valence-corrected chi connectivity index (χ3v) is 11.2. The predicted molar refractivity (Wildman–Crippen MR) is 195 cm³/mol. The molecule has 0 saturated carbocycles. The Morgan fingerprint density at radius 1 is 0.920 bits per heavy atom. The van der Waals surface area contributed by atoms with Gasteiger partial charge < -0.3 is 20.8 Å². The van der Waals surface area contributed by atoms with Gasteiger partial charge in [0.15, 0.2) is 5.78 Å². The zero-order valence-electron chi connectivity index (χ0n) is 28.4. The second-order valence-corrected chi connectivity index (χ2v) is 14.9. The molecule has 1 spiro atoms. The number of unbranched alkanes of at least 4 members (excludes halogenated alkanes) is 6. The van der Waals surface area contributed by atoms with Crippen LogP contribution in [0.5, 0.6) is 11.5 Å². The highest BCUT2D eigenvalue weighted by Crippen LogP contribution is 2.53. The molecule has 0 fully saturated rings. The number of aromatic hydroxyl groups is 2. The zero-order chi connectivity index (χ0) is 35.0. The lowest BCUT2D eigenvalue weighted by molar-refractivity contribution is 0.0948. The number of aliphatic imine (C=N–C) groups is 1. The van der Waals surface area contributed by atoms with Gasteiger partial charge in [0.2, 0.25) is 5.78 Å². The smallest absolute Gasteiger partial charge is 0.251 e. The molecule has 1 aliphatic heterocycles. The molecule has 4 atom stereocenters. The lowest BCUT2D eigenvalue weighted by Crippen LogP contribution is -2.37. The molecule has 7 rings (SSSR count). The number of amides is 1. The molecule has 1 heterocycles. The topological polar surface area (TPSA) is 128 Å². The van der Waals surface area contributed by atoms with Crippen molar-refractivity contribution in [1.82, 2.24) is 10.6 Å². The van der Waals surface area contributed by atoms with E-state index in [1.165, 1.54) is 60.0 Å². The quantitative estimate of drug-likeness (QED) is 0.114. The van der Waals surface area contributed by atoms with Crippen LogP contribution in [0.4, 0.5) is 0 Å². The molecule has 1 amide bonds. The van der Waals surface area contributed by atoms with E-state index in [2.05, 4.69) is 41.9 Å². The maximum absolute atomic E-state index is 13.1. The summed E-state index contributed by atoms with van der Waals surface area (Å²) in [7, 11) is 0. The van der Waals surface area contributed by atoms with Gasteiger partial charge in [0.25, 0.3) is 5.91 Å². The first-order valence-electron chi connectivity index (χ1n) is 18.0. The Balaban J connectivity index is 0.831. The fourth-order valence-electron chi connectivity index (χ4n) is 8.53. The number of allylic oxidation sites excluding steroid dienone is 4. The SMILES string of the molecule is CC1C=C2C3CC=C4C=C(Cl)C=NC42C=C(NCCCCCCCCCNC(=O)c2cc(O)c4c(c2)C(=O)c2cccc(O)c2C4=O)C(C1)C3. The molecule has 9 heteroatoms. The molecule has 8 nitrogen and oxygen atoms in total. The third kappa shape index (κ3) is 6.34. The molecule has 5 aliphatic rings. The van der Waals surface area contributed by atoms with Crippen LogP contribution in [0.15, 0.2) is 81.5 Å². The number of ketones is 2. The molecule has 2 aromatic rings. The van der Waals surface area contributed by atoms with E-state index in [1.807, 2.05) is 6.21 Å². The number of carbonyl (C=O) groups excluding carboxylic acids is 3. The van der Waals surface area contributed by atoms with Crippen molar-refractivity contribution in [3.8, 4) is 11.5 Å². The number of phenolic OH excluding ortho intramolecular Hbond substituents is 2. The molecule has 0 aromatic heterocycles. The predicted octanol–water partition coefficient (Wildman–Crippen LogP) is 7.69. The summed E-state index contributed by atoms with van der Waals surface area (Å²) in [6.07, 6.45) is 22.0. The molecule has 4 aliphatic carbocycles. The number of halogens is 1. The van der Waals surface area contributed by atoms with Crippen molar-refractivity contribution in [2.75, 3.05) is 13.1 Å². The largest absolute Gasteiger partial charge is 0.507 e. The normalized spacial score (nSPS) is 24.5. The summed E-state index contributed by atoms with van der Waals surface area (Å²) in [5.74, 6) is -0.768. The Kier molecular flexibility index (Phi) is 9.57. The number of hydrogen-bond acceptors (Lipinski definition) is 7. The zero-order valence-corrected chi connectivity index (χ0v) is 29.2. The van der Waals surface area contributed by atoms with E-state index in [0.717, 1.165) is 57.9 Å². The minimum absolute atomic E-state index is 0.0380. The number of fused-ring (bicyclic) bond motifs is 3. The van der Waals surface area contributed by atoms with E-state index in [9.17, 15) is 24.6 Å². The van der Waals surface area contributed by atoms with Gasteiger partial charge in [0.05, 0.1) is 16.2 Å². The van der Waals surface area contributed by atoms with Crippen LogP contribution in [0.3, 0.4) is 0 Å². The third-order valence-electron chi connectivity index (χ3n) is 11.0. The number of nitrogens with one attached hydrogen (secondary N) is 2. The molecule has 0 saturated heterocycles. The fourth-order valence-corrected chi connectivity index (χ4v) is 8.69. The molecule has 4 N–H and O–H groups in total. The summed E-state index contributed by atoms with van der Waals surface area (Å²) in [4.78, 5) is 44.0. The summed E-state index contributed by atoms with van der Waals surface area (Å²) >= 11 is 6.38. The van der Waals surface area contributed by atoms with Crippen LogP contribution in [0.1, 0.15) is 113 Å².